The zero-order chi connectivity index (χ0) is 19.1. The van der Waals surface area contributed by atoms with Crippen LogP contribution in [-0.2, 0) is 20.6 Å². The Bertz CT molecular complexity index is 985. The highest BCUT2D eigenvalue weighted by molar-refractivity contribution is 7.88. The predicted molar refractivity (Wildman–Crippen MR) is 101 cm³/mol. The van der Waals surface area contributed by atoms with Crippen LogP contribution in [0.25, 0.3) is 11.1 Å². The molecule has 2 aromatic carbocycles. The van der Waals surface area contributed by atoms with Crippen LogP contribution in [0.4, 0.5) is 14.5 Å². The molecule has 0 saturated carbocycles. The zero-order valence-corrected chi connectivity index (χ0v) is 15.7. The van der Waals surface area contributed by atoms with Gasteiger partial charge in [0.25, 0.3) is 0 Å². The lowest BCUT2D eigenvalue weighted by Crippen LogP contribution is -2.34. The molecule has 1 fully saturated rings. The van der Waals surface area contributed by atoms with E-state index in [1.165, 1.54) is 30.3 Å². The van der Waals surface area contributed by atoms with E-state index >= 15 is 4.39 Å². The van der Waals surface area contributed by atoms with Gasteiger partial charge in [-0.25, -0.2) is 22.3 Å². The lowest BCUT2D eigenvalue weighted by molar-refractivity contribution is -0.118. The Balaban J connectivity index is 0.00000261. The SMILES string of the molecule is Cl.NC1CCN(c2ccc(-c3ccccc3F)c(CS(N)(=O)=O)c2F)C1=O. The third-order valence-corrected chi connectivity index (χ3v) is 4.96. The summed E-state index contributed by atoms with van der Waals surface area (Å²) in [6.45, 7) is 0.213. The summed E-state index contributed by atoms with van der Waals surface area (Å²) in [4.78, 5) is 13.3. The molecule has 0 aromatic heterocycles. The summed E-state index contributed by atoms with van der Waals surface area (Å²) in [7, 11) is -4.10. The fraction of sp³-hybridized carbons (Fsp3) is 0.235. The van der Waals surface area contributed by atoms with Gasteiger partial charge in [-0.2, -0.15) is 0 Å². The Hall–Kier alpha value is -2.07. The number of anilines is 1. The van der Waals surface area contributed by atoms with Crippen molar-refractivity contribution in [2.24, 2.45) is 10.9 Å². The molecule has 146 valence electrons. The third-order valence-electron chi connectivity index (χ3n) is 4.27. The summed E-state index contributed by atoms with van der Waals surface area (Å²) in [5, 5.41) is 5.09. The van der Waals surface area contributed by atoms with E-state index in [0.29, 0.717) is 6.42 Å². The predicted octanol–water partition coefficient (Wildman–Crippen LogP) is 1.91. The van der Waals surface area contributed by atoms with E-state index in [4.69, 9.17) is 10.9 Å². The molecule has 1 atom stereocenters. The number of benzene rings is 2. The average molecular weight is 418 g/mol. The number of halogens is 3. The van der Waals surface area contributed by atoms with Crippen LogP contribution < -0.4 is 15.8 Å². The summed E-state index contributed by atoms with van der Waals surface area (Å²) >= 11 is 0. The Kier molecular flexibility index (Phi) is 6.21. The fourth-order valence-corrected chi connectivity index (χ4v) is 3.72. The third kappa shape index (κ3) is 4.27. The highest BCUT2D eigenvalue weighted by atomic mass is 35.5. The second-order valence-electron chi connectivity index (χ2n) is 6.10. The van der Waals surface area contributed by atoms with E-state index in [0.717, 1.165) is 4.90 Å². The summed E-state index contributed by atoms with van der Waals surface area (Å²) in [5.74, 6) is -2.84. The number of sulfonamides is 1. The molecule has 0 aliphatic carbocycles. The van der Waals surface area contributed by atoms with Crippen molar-refractivity contribution < 1.29 is 22.0 Å². The first kappa shape index (κ1) is 21.2. The highest BCUT2D eigenvalue weighted by Gasteiger charge is 2.32. The molecular weight excluding hydrogens is 400 g/mol. The fourth-order valence-electron chi connectivity index (χ4n) is 3.03. The summed E-state index contributed by atoms with van der Waals surface area (Å²) in [6, 6.07) is 7.58. The average Bonchev–Trinajstić information content (AvgIpc) is 2.89. The molecule has 1 aliphatic rings. The molecule has 1 unspecified atom stereocenters. The van der Waals surface area contributed by atoms with Crippen molar-refractivity contribution in [2.45, 2.75) is 18.2 Å². The number of carbonyl (C=O) groups is 1. The Morgan fingerprint density at radius 3 is 2.33 bits per heavy atom. The van der Waals surface area contributed by atoms with Gasteiger partial charge in [0, 0.05) is 17.7 Å². The standard InChI is InChI=1S/C17H17F2N3O3S.ClH/c18-13-4-2-1-3-11(13)10-5-6-15(22-8-7-14(20)17(22)23)16(19)12(10)9-26(21,24)25;/h1-6,14H,7-9,20H2,(H2,21,24,25);1H. The van der Waals surface area contributed by atoms with Crippen molar-refractivity contribution in [3.8, 4) is 11.1 Å². The number of hydrogen-bond donors (Lipinski definition) is 2. The van der Waals surface area contributed by atoms with E-state index in [-0.39, 0.29) is 41.3 Å². The first-order valence-corrected chi connectivity index (χ1v) is 9.54. The number of nitrogens with two attached hydrogens (primary N) is 2. The first-order valence-electron chi connectivity index (χ1n) is 7.83. The van der Waals surface area contributed by atoms with Crippen LogP contribution in [0, 0.1) is 11.6 Å². The van der Waals surface area contributed by atoms with Crippen molar-refractivity contribution in [1.82, 2.24) is 0 Å². The van der Waals surface area contributed by atoms with Crippen molar-refractivity contribution in [1.29, 1.82) is 0 Å². The molecule has 0 bridgehead atoms. The van der Waals surface area contributed by atoms with Gasteiger partial charge < -0.3 is 10.6 Å². The molecule has 3 rings (SSSR count). The summed E-state index contributed by atoms with van der Waals surface area (Å²) in [5.41, 5.74) is 5.38. The van der Waals surface area contributed by atoms with Gasteiger partial charge in [0.15, 0.2) is 5.82 Å². The van der Waals surface area contributed by atoms with Crippen LogP contribution in [0.2, 0.25) is 0 Å². The zero-order valence-electron chi connectivity index (χ0n) is 14.1. The van der Waals surface area contributed by atoms with Gasteiger partial charge in [-0.05, 0) is 24.1 Å². The quantitative estimate of drug-likeness (QED) is 0.792. The topological polar surface area (TPSA) is 106 Å². The molecule has 1 heterocycles. The van der Waals surface area contributed by atoms with E-state index in [1.807, 2.05) is 0 Å². The molecule has 6 nitrogen and oxygen atoms in total. The summed E-state index contributed by atoms with van der Waals surface area (Å²) in [6.07, 6.45) is 0.359. The molecule has 0 radical (unpaired) electrons. The van der Waals surface area contributed by atoms with E-state index < -0.39 is 39.4 Å². The number of hydrogen-bond acceptors (Lipinski definition) is 4. The normalized spacial score (nSPS) is 17.1. The van der Waals surface area contributed by atoms with Gasteiger partial charge in [-0.1, -0.05) is 24.3 Å². The lowest BCUT2D eigenvalue weighted by Gasteiger charge is -2.20. The maximum Gasteiger partial charge on any atom is 0.244 e. The van der Waals surface area contributed by atoms with E-state index in [2.05, 4.69) is 0 Å². The number of nitrogens with zero attached hydrogens (tertiary/aromatic N) is 1. The molecule has 10 heteroatoms. The Morgan fingerprint density at radius 1 is 1.11 bits per heavy atom. The van der Waals surface area contributed by atoms with Crippen LogP contribution in [0.15, 0.2) is 36.4 Å². The Labute approximate surface area is 161 Å². The molecule has 0 spiro atoms. The summed E-state index contributed by atoms with van der Waals surface area (Å²) < 4.78 is 52.5. The largest absolute Gasteiger partial charge is 0.320 e. The van der Waals surface area contributed by atoms with Gasteiger partial charge in [-0.15, -0.1) is 12.4 Å². The molecule has 1 amide bonds. The number of amides is 1. The second kappa shape index (κ2) is 7.89. The number of rotatable bonds is 4. The second-order valence-corrected chi connectivity index (χ2v) is 7.71. The van der Waals surface area contributed by atoms with Crippen LogP contribution in [-0.4, -0.2) is 26.9 Å². The maximum absolute atomic E-state index is 15.2. The molecule has 1 saturated heterocycles. The molecular formula is C17H18ClF2N3O3S. The van der Waals surface area contributed by atoms with Crippen molar-refractivity contribution in [3.63, 3.8) is 0 Å². The smallest absolute Gasteiger partial charge is 0.244 e. The first-order chi connectivity index (χ1) is 12.2. The molecule has 4 N–H and O–H groups in total. The highest BCUT2D eigenvalue weighted by Crippen LogP contribution is 2.35. The minimum Gasteiger partial charge on any atom is -0.320 e. The van der Waals surface area contributed by atoms with Crippen molar-refractivity contribution >= 4 is 34.0 Å². The van der Waals surface area contributed by atoms with E-state index in [1.54, 1.807) is 6.07 Å². The van der Waals surface area contributed by atoms with Crippen LogP contribution in [0.3, 0.4) is 0 Å². The van der Waals surface area contributed by atoms with Crippen LogP contribution in [0.5, 0.6) is 0 Å². The molecule has 2 aromatic rings. The van der Waals surface area contributed by atoms with Gasteiger partial charge in [-0.3, -0.25) is 4.79 Å². The van der Waals surface area contributed by atoms with Gasteiger partial charge >= 0.3 is 0 Å². The van der Waals surface area contributed by atoms with Gasteiger partial charge in [0.05, 0.1) is 17.5 Å². The minimum atomic E-state index is -4.10. The Morgan fingerprint density at radius 2 is 1.78 bits per heavy atom. The minimum absolute atomic E-state index is 0. The number of primary sulfonamides is 1. The lowest BCUT2D eigenvalue weighted by atomic mass is 9.98. The van der Waals surface area contributed by atoms with Crippen molar-refractivity contribution in [3.05, 3.63) is 53.6 Å². The van der Waals surface area contributed by atoms with Gasteiger partial charge in [0.1, 0.15) is 5.82 Å². The maximum atomic E-state index is 15.2. The number of carbonyl (C=O) groups excluding carboxylic acids is 1. The van der Waals surface area contributed by atoms with E-state index in [9.17, 15) is 17.6 Å². The molecule has 1 aliphatic heterocycles. The van der Waals surface area contributed by atoms with Crippen LogP contribution in [0.1, 0.15) is 12.0 Å². The molecule has 27 heavy (non-hydrogen) atoms. The monoisotopic (exact) mass is 417 g/mol. The van der Waals surface area contributed by atoms with Crippen LogP contribution >= 0.6 is 12.4 Å². The van der Waals surface area contributed by atoms with Gasteiger partial charge in [0.2, 0.25) is 15.9 Å². The van der Waals surface area contributed by atoms with Crippen molar-refractivity contribution in [2.75, 3.05) is 11.4 Å².